The molecule has 5 heteroatoms. The summed E-state index contributed by atoms with van der Waals surface area (Å²) in [5.41, 5.74) is 1.12. The second-order valence-corrected chi connectivity index (χ2v) is 5.21. The summed E-state index contributed by atoms with van der Waals surface area (Å²) in [4.78, 5) is 10.3. The Balaban J connectivity index is 2.09. The van der Waals surface area contributed by atoms with Crippen LogP contribution in [0.25, 0.3) is 0 Å². The van der Waals surface area contributed by atoms with Crippen molar-refractivity contribution in [3.8, 4) is 0 Å². The predicted molar refractivity (Wildman–Crippen MR) is 76.2 cm³/mol. The molecular formula is C12H13IN2O2. The highest BCUT2D eigenvalue weighted by Gasteiger charge is 2.14. The molecule has 0 bridgehead atoms. The Bertz CT molecular complexity index is 460. The van der Waals surface area contributed by atoms with E-state index in [-0.39, 0.29) is 10.6 Å². The fourth-order valence-electron chi connectivity index (χ4n) is 1.91. The number of hydrogen-bond donors (Lipinski definition) is 1. The minimum Gasteiger partial charge on any atom is -0.382 e. The van der Waals surface area contributed by atoms with Gasteiger partial charge in [-0.05, 0) is 54.0 Å². The van der Waals surface area contributed by atoms with Crippen molar-refractivity contribution in [2.45, 2.75) is 25.3 Å². The molecule has 1 N–H and O–H groups in total. The molecule has 4 nitrogen and oxygen atoms in total. The number of nitro groups is 1. The normalized spacial score (nSPS) is 19.0. The van der Waals surface area contributed by atoms with E-state index in [2.05, 4.69) is 17.5 Å². The van der Waals surface area contributed by atoms with Gasteiger partial charge in [-0.2, -0.15) is 0 Å². The van der Waals surface area contributed by atoms with Gasteiger partial charge in [-0.25, -0.2) is 0 Å². The van der Waals surface area contributed by atoms with Gasteiger partial charge in [0.2, 0.25) is 0 Å². The average molecular weight is 344 g/mol. The first-order valence-electron chi connectivity index (χ1n) is 5.52. The lowest BCUT2D eigenvalue weighted by Gasteiger charge is -2.20. The molecule has 90 valence electrons. The molecule has 1 atom stereocenters. The summed E-state index contributed by atoms with van der Waals surface area (Å²) in [7, 11) is 0. The van der Waals surface area contributed by atoms with Crippen molar-refractivity contribution < 1.29 is 4.92 Å². The number of nitrogens with zero attached hydrogens (tertiary/aromatic N) is 1. The number of hydrogen-bond acceptors (Lipinski definition) is 3. The Hall–Kier alpha value is -1.11. The van der Waals surface area contributed by atoms with Crippen LogP contribution < -0.4 is 5.32 Å². The number of halogens is 1. The number of anilines is 1. The predicted octanol–water partition coefficient (Wildman–Crippen LogP) is 3.72. The van der Waals surface area contributed by atoms with Gasteiger partial charge >= 0.3 is 0 Å². The van der Waals surface area contributed by atoms with Crippen LogP contribution in [0.5, 0.6) is 0 Å². The average Bonchev–Trinajstić information content (AvgIpc) is 2.30. The van der Waals surface area contributed by atoms with Crippen LogP contribution in [0.1, 0.15) is 19.3 Å². The van der Waals surface area contributed by atoms with Crippen LogP contribution in [0.15, 0.2) is 30.4 Å². The summed E-state index contributed by atoms with van der Waals surface area (Å²) < 4.78 is 0.670. The molecule has 0 spiro atoms. The third-order valence-electron chi connectivity index (χ3n) is 2.78. The summed E-state index contributed by atoms with van der Waals surface area (Å²) >= 11 is 2.00. The Morgan fingerprint density at radius 2 is 2.24 bits per heavy atom. The van der Waals surface area contributed by atoms with Gasteiger partial charge in [0, 0.05) is 17.8 Å². The summed E-state index contributed by atoms with van der Waals surface area (Å²) in [5, 5.41) is 14.1. The van der Waals surface area contributed by atoms with Crippen LogP contribution in [-0.4, -0.2) is 11.0 Å². The molecule has 0 radical (unpaired) electrons. The van der Waals surface area contributed by atoms with E-state index in [0.29, 0.717) is 9.61 Å². The first-order valence-corrected chi connectivity index (χ1v) is 6.60. The molecule has 0 amide bonds. The van der Waals surface area contributed by atoms with Crippen molar-refractivity contribution in [3.05, 3.63) is 44.0 Å². The molecule has 0 heterocycles. The van der Waals surface area contributed by atoms with Gasteiger partial charge in [0.1, 0.15) is 0 Å². The molecule has 1 aliphatic rings. The van der Waals surface area contributed by atoms with E-state index in [9.17, 15) is 10.1 Å². The lowest BCUT2D eigenvalue weighted by Crippen LogP contribution is -2.20. The van der Waals surface area contributed by atoms with Crippen LogP contribution in [0.2, 0.25) is 0 Å². The SMILES string of the molecule is O=[N+]([O-])c1ccc(NC2CC=CCC2)cc1I. The van der Waals surface area contributed by atoms with Gasteiger partial charge in [0.25, 0.3) is 5.69 Å². The zero-order valence-electron chi connectivity index (χ0n) is 9.23. The summed E-state index contributed by atoms with van der Waals surface area (Å²) in [6, 6.07) is 5.61. The maximum atomic E-state index is 10.7. The first kappa shape index (κ1) is 12.3. The minimum atomic E-state index is -0.352. The summed E-state index contributed by atoms with van der Waals surface area (Å²) in [6.07, 6.45) is 7.61. The second kappa shape index (κ2) is 5.48. The number of nitro benzene ring substituents is 1. The molecule has 17 heavy (non-hydrogen) atoms. The van der Waals surface area contributed by atoms with Crippen LogP contribution in [-0.2, 0) is 0 Å². The van der Waals surface area contributed by atoms with E-state index in [0.717, 1.165) is 24.9 Å². The fourth-order valence-corrected chi connectivity index (χ4v) is 2.62. The molecule has 0 aliphatic heterocycles. The molecule has 1 aliphatic carbocycles. The standard InChI is InChI=1S/C12H13IN2O2/c13-11-8-10(6-7-12(11)15(16)17)14-9-4-2-1-3-5-9/h1-2,6-9,14H,3-5H2. The first-order chi connectivity index (χ1) is 8.16. The number of rotatable bonds is 3. The van der Waals surface area contributed by atoms with Gasteiger partial charge in [-0.15, -0.1) is 0 Å². The van der Waals surface area contributed by atoms with E-state index in [1.807, 2.05) is 28.7 Å². The van der Waals surface area contributed by atoms with Crippen molar-refractivity contribution in [2.24, 2.45) is 0 Å². The zero-order valence-corrected chi connectivity index (χ0v) is 11.4. The highest BCUT2D eigenvalue weighted by Crippen LogP contribution is 2.25. The maximum Gasteiger partial charge on any atom is 0.282 e. The Kier molecular flexibility index (Phi) is 3.98. The largest absolute Gasteiger partial charge is 0.382 e. The van der Waals surface area contributed by atoms with Crippen molar-refractivity contribution in [1.29, 1.82) is 0 Å². The number of allylic oxidation sites excluding steroid dienone is 1. The smallest absolute Gasteiger partial charge is 0.282 e. The zero-order chi connectivity index (χ0) is 12.3. The van der Waals surface area contributed by atoms with Gasteiger partial charge in [0.15, 0.2) is 0 Å². The lowest BCUT2D eigenvalue weighted by molar-refractivity contribution is -0.385. The van der Waals surface area contributed by atoms with Crippen LogP contribution in [0.3, 0.4) is 0 Å². The van der Waals surface area contributed by atoms with Crippen LogP contribution in [0, 0.1) is 13.7 Å². The summed E-state index contributed by atoms with van der Waals surface area (Å²) in [6.45, 7) is 0. The molecular weight excluding hydrogens is 331 g/mol. The number of benzene rings is 1. The quantitative estimate of drug-likeness (QED) is 0.394. The molecule has 0 fully saturated rings. The Morgan fingerprint density at radius 1 is 1.41 bits per heavy atom. The number of nitrogens with one attached hydrogen (secondary N) is 1. The minimum absolute atomic E-state index is 0.166. The topological polar surface area (TPSA) is 55.2 Å². The third-order valence-corrected chi connectivity index (χ3v) is 3.65. The monoisotopic (exact) mass is 344 g/mol. The molecule has 2 rings (SSSR count). The van der Waals surface area contributed by atoms with E-state index in [1.165, 1.54) is 0 Å². The Labute approximate surface area is 113 Å². The van der Waals surface area contributed by atoms with Crippen molar-refractivity contribution in [3.63, 3.8) is 0 Å². The van der Waals surface area contributed by atoms with Crippen LogP contribution in [0.4, 0.5) is 11.4 Å². The Morgan fingerprint density at radius 3 is 2.82 bits per heavy atom. The molecule has 1 aromatic rings. The molecule has 1 unspecified atom stereocenters. The highest BCUT2D eigenvalue weighted by molar-refractivity contribution is 14.1. The van der Waals surface area contributed by atoms with Crippen molar-refractivity contribution >= 4 is 34.0 Å². The lowest BCUT2D eigenvalue weighted by atomic mass is 10.0. The maximum absolute atomic E-state index is 10.7. The molecule has 0 saturated carbocycles. The van der Waals surface area contributed by atoms with E-state index in [1.54, 1.807) is 12.1 Å². The van der Waals surface area contributed by atoms with E-state index >= 15 is 0 Å². The van der Waals surface area contributed by atoms with Gasteiger partial charge < -0.3 is 5.32 Å². The third kappa shape index (κ3) is 3.18. The van der Waals surface area contributed by atoms with Gasteiger partial charge in [0.05, 0.1) is 8.49 Å². The van der Waals surface area contributed by atoms with E-state index in [4.69, 9.17) is 0 Å². The molecule has 0 aromatic heterocycles. The second-order valence-electron chi connectivity index (χ2n) is 4.05. The van der Waals surface area contributed by atoms with Gasteiger partial charge in [-0.3, -0.25) is 10.1 Å². The fraction of sp³-hybridized carbons (Fsp3) is 0.333. The van der Waals surface area contributed by atoms with Crippen molar-refractivity contribution in [2.75, 3.05) is 5.32 Å². The van der Waals surface area contributed by atoms with Crippen molar-refractivity contribution in [1.82, 2.24) is 0 Å². The molecule has 1 aromatic carbocycles. The molecule has 0 saturated heterocycles. The summed E-state index contributed by atoms with van der Waals surface area (Å²) in [5.74, 6) is 0. The van der Waals surface area contributed by atoms with Gasteiger partial charge in [-0.1, -0.05) is 12.2 Å². The van der Waals surface area contributed by atoms with Crippen LogP contribution >= 0.6 is 22.6 Å². The highest BCUT2D eigenvalue weighted by atomic mass is 127. The van der Waals surface area contributed by atoms with E-state index < -0.39 is 0 Å².